The van der Waals surface area contributed by atoms with E-state index in [0.29, 0.717) is 11.6 Å². The van der Waals surface area contributed by atoms with E-state index in [1.54, 1.807) is 0 Å². The van der Waals surface area contributed by atoms with Gasteiger partial charge in [0.2, 0.25) is 0 Å². The molecule has 0 aliphatic heterocycles. The minimum absolute atomic E-state index is 0.00925. The van der Waals surface area contributed by atoms with Crippen LogP contribution < -0.4 is 0 Å². The summed E-state index contributed by atoms with van der Waals surface area (Å²) in [4.78, 5) is 11.8. The van der Waals surface area contributed by atoms with Gasteiger partial charge in [0.1, 0.15) is 0 Å². The van der Waals surface area contributed by atoms with Gasteiger partial charge < -0.3 is 4.74 Å². The van der Waals surface area contributed by atoms with Crippen molar-refractivity contribution in [3.63, 3.8) is 0 Å². The topological polar surface area (TPSA) is 44.1 Å². The third-order valence-corrected chi connectivity index (χ3v) is 4.33. The van der Waals surface area contributed by atoms with Gasteiger partial charge in [-0.05, 0) is 56.0 Å². The van der Waals surface area contributed by atoms with E-state index in [0.717, 1.165) is 30.5 Å². The number of esters is 1. The molecule has 0 bridgehead atoms. The van der Waals surface area contributed by atoms with E-state index in [4.69, 9.17) is 16.3 Å². The SMILES string of the molecule is CCOC(=O)C1CC=C(c2cnn(-c3ccc(Cl)cc3)c2)CC1. The lowest BCUT2D eigenvalue weighted by atomic mass is 9.87. The van der Waals surface area contributed by atoms with Gasteiger partial charge in [0.05, 0.1) is 24.4 Å². The third kappa shape index (κ3) is 3.64. The van der Waals surface area contributed by atoms with Crippen molar-refractivity contribution in [3.8, 4) is 5.69 Å². The van der Waals surface area contributed by atoms with Crippen LogP contribution in [0.3, 0.4) is 0 Å². The normalized spacial score (nSPS) is 17.7. The number of halogens is 1. The van der Waals surface area contributed by atoms with Gasteiger partial charge in [-0.15, -0.1) is 0 Å². The van der Waals surface area contributed by atoms with E-state index >= 15 is 0 Å². The van der Waals surface area contributed by atoms with Crippen molar-refractivity contribution in [3.05, 3.63) is 53.3 Å². The maximum atomic E-state index is 11.8. The molecule has 5 heteroatoms. The molecule has 4 nitrogen and oxygen atoms in total. The van der Waals surface area contributed by atoms with E-state index in [1.165, 1.54) is 5.57 Å². The molecule has 0 fully saturated rings. The van der Waals surface area contributed by atoms with Crippen LogP contribution in [0.5, 0.6) is 0 Å². The third-order valence-electron chi connectivity index (χ3n) is 4.08. The standard InChI is InChI=1S/C18H19ClN2O2/c1-2-23-18(22)14-5-3-13(4-6-14)15-11-20-21(12-15)17-9-7-16(19)8-10-17/h3,7-12,14H,2,4-6H2,1H3. The second kappa shape index (κ2) is 7.01. The maximum absolute atomic E-state index is 11.8. The number of benzene rings is 1. The highest BCUT2D eigenvalue weighted by atomic mass is 35.5. The Morgan fingerprint density at radius 1 is 1.39 bits per heavy atom. The zero-order valence-corrected chi connectivity index (χ0v) is 13.8. The molecule has 1 aromatic carbocycles. The van der Waals surface area contributed by atoms with Gasteiger partial charge in [0.15, 0.2) is 0 Å². The summed E-state index contributed by atoms with van der Waals surface area (Å²) in [5, 5.41) is 5.13. The molecule has 1 heterocycles. The van der Waals surface area contributed by atoms with Crippen molar-refractivity contribution < 1.29 is 9.53 Å². The lowest BCUT2D eigenvalue weighted by molar-refractivity contribution is -0.148. The van der Waals surface area contributed by atoms with Crippen LogP contribution in [0.1, 0.15) is 31.7 Å². The Kier molecular flexibility index (Phi) is 4.82. The van der Waals surface area contributed by atoms with Crippen molar-refractivity contribution in [1.29, 1.82) is 0 Å². The number of carbonyl (C=O) groups is 1. The number of carbonyl (C=O) groups excluding carboxylic acids is 1. The average Bonchev–Trinajstić information content (AvgIpc) is 3.06. The van der Waals surface area contributed by atoms with E-state index in [1.807, 2.05) is 48.3 Å². The Hall–Kier alpha value is -2.07. The summed E-state index contributed by atoms with van der Waals surface area (Å²) < 4.78 is 6.94. The van der Waals surface area contributed by atoms with E-state index in [-0.39, 0.29) is 11.9 Å². The molecule has 1 aliphatic carbocycles. The molecule has 0 radical (unpaired) electrons. The van der Waals surface area contributed by atoms with Gasteiger partial charge in [-0.3, -0.25) is 4.79 Å². The van der Waals surface area contributed by atoms with Crippen molar-refractivity contribution in [2.75, 3.05) is 6.61 Å². The number of rotatable bonds is 4. The van der Waals surface area contributed by atoms with Crippen LogP contribution in [0, 0.1) is 5.92 Å². The fourth-order valence-electron chi connectivity index (χ4n) is 2.79. The first-order valence-electron chi connectivity index (χ1n) is 7.84. The first kappa shape index (κ1) is 15.8. The second-order valence-corrected chi connectivity index (χ2v) is 6.04. The Labute approximate surface area is 140 Å². The summed E-state index contributed by atoms with van der Waals surface area (Å²) in [5.74, 6) is -0.0929. The summed E-state index contributed by atoms with van der Waals surface area (Å²) in [7, 11) is 0. The smallest absolute Gasteiger partial charge is 0.309 e. The van der Waals surface area contributed by atoms with Crippen LogP contribution in [-0.4, -0.2) is 22.4 Å². The minimum Gasteiger partial charge on any atom is -0.466 e. The molecule has 1 aliphatic rings. The predicted octanol–water partition coefficient (Wildman–Crippen LogP) is 4.27. The lowest BCUT2D eigenvalue weighted by Crippen LogP contribution is -2.19. The molecule has 1 unspecified atom stereocenters. The molecule has 3 rings (SSSR count). The van der Waals surface area contributed by atoms with Gasteiger partial charge in [-0.2, -0.15) is 5.10 Å². The molecule has 0 spiro atoms. The van der Waals surface area contributed by atoms with Gasteiger partial charge in [-0.1, -0.05) is 17.7 Å². The number of ether oxygens (including phenoxy) is 1. The van der Waals surface area contributed by atoms with Crippen molar-refractivity contribution in [1.82, 2.24) is 9.78 Å². The van der Waals surface area contributed by atoms with Crippen LogP contribution >= 0.6 is 11.6 Å². The summed E-state index contributed by atoms with van der Waals surface area (Å²) in [6.07, 6.45) is 8.45. The van der Waals surface area contributed by atoms with E-state index < -0.39 is 0 Å². The highest BCUT2D eigenvalue weighted by Gasteiger charge is 2.23. The van der Waals surface area contributed by atoms with E-state index in [2.05, 4.69) is 11.2 Å². The second-order valence-electron chi connectivity index (χ2n) is 5.60. The Morgan fingerprint density at radius 3 is 2.83 bits per heavy atom. The molecular weight excluding hydrogens is 312 g/mol. The predicted molar refractivity (Wildman–Crippen MR) is 90.5 cm³/mol. The molecule has 1 aromatic heterocycles. The average molecular weight is 331 g/mol. The zero-order valence-electron chi connectivity index (χ0n) is 13.0. The van der Waals surface area contributed by atoms with Gasteiger partial charge >= 0.3 is 5.97 Å². The van der Waals surface area contributed by atoms with Crippen molar-refractivity contribution >= 4 is 23.1 Å². The van der Waals surface area contributed by atoms with Crippen LogP contribution in [0.25, 0.3) is 11.3 Å². The summed E-state index contributed by atoms with van der Waals surface area (Å²) in [6, 6.07) is 7.57. The maximum Gasteiger partial charge on any atom is 0.309 e. The van der Waals surface area contributed by atoms with Gasteiger partial charge in [0, 0.05) is 16.8 Å². The number of nitrogens with zero attached hydrogens (tertiary/aromatic N) is 2. The van der Waals surface area contributed by atoms with Crippen LogP contribution in [-0.2, 0) is 9.53 Å². The quantitative estimate of drug-likeness (QED) is 0.786. The molecule has 120 valence electrons. The summed E-state index contributed by atoms with van der Waals surface area (Å²) in [5.41, 5.74) is 3.31. The number of hydrogen-bond acceptors (Lipinski definition) is 3. The fraction of sp³-hybridized carbons (Fsp3) is 0.333. The number of hydrogen-bond donors (Lipinski definition) is 0. The molecule has 0 N–H and O–H groups in total. The highest BCUT2D eigenvalue weighted by Crippen LogP contribution is 2.31. The molecule has 0 amide bonds. The lowest BCUT2D eigenvalue weighted by Gasteiger charge is -2.19. The molecule has 23 heavy (non-hydrogen) atoms. The highest BCUT2D eigenvalue weighted by molar-refractivity contribution is 6.30. The summed E-state index contributed by atoms with van der Waals surface area (Å²) >= 11 is 5.91. The zero-order chi connectivity index (χ0) is 16.2. The number of aromatic nitrogens is 2. The Bertz CT molecular complexity index is 719. The van der Waals surface area contributed by atoms with Crippen LogP contribution in [0.15, 0.2) is 42.7 Å². The molecular formula is C18H19ClN2O2. The van der Waals surface area contributed by atoms with Crippen molar-refractivity contribution in [2.24, 2.45) is 5.92 Å². The molecule has 1 atom stereocenters. The Morgan fingerprint density at radius 2 is 2.17 bits per heavy atom. The van der Waals surface area contributed by atoms with E-state index in [9.17, 15) is 4.79 Å². The minimum atomic E-state index is -0.0836. The first-order chi connectivity index (χ1) is 11.2. The monoisotopic (exact) mass is 330 g/mol. The Balaban J connectivity index is 1.71. The largest absolute Gasteiger partial charge is 0.466 e. The van der Waals surface area contributed by atoms with Gasteiger partial charge in [0.25, 0.3) is 0 Å². The molecule has 0 saturated heterocycles. The van der Waals surface area contributed by atoms with Crippen molar-refractivity contribution in [2.45, 2.75) is 26.2 Å². The molecule has 2 aromatic rings. The molecule has 0 saturated carbocycles. The van der Waals surface area contributed by atoms with Gasteiger partial charge in [-0.25, -0.2) is 4.68 Å². The summed E-state index contributed by atoms with van der Waals surface area (Å²) in [6.45, 7) is 2.28. The first-order valence-corrected chi connectivity index (χ1v) is 8.22. The van der Waals surface area contributed by atoms with Crippen LogP contribution in [0.2, 0.25) is 5.02 Å². The van der Waals surface area contributed by atoms with Crippen LogP contribution in [0.4, 0.5) is 0 Å². The number of allylic oxidation sites excluding steroid dienone is 2. The fourth-order valence-corrected chi connectivity index (χ4v) is 2.92.